The van der Waals surface area contributed by atoms with Crippen molar-refractivity contribution in [2.45, 2.75) is 58.7 Å². The Morgan fingerprint density at radius 3 is 2.43 bits per heavy atom. The minimum Gasteiger partial charge on any atom is -0.453 e. The molecule has 0 spiro atoms. The van der Waals surface area contributed by atoms with Crippen LogP contribution in [0.25, 0.3) is 0 Å². The molecular weight excluding hydrogens is 298 g/mol. The maximum absolute atomic E-state index is 11.8. The second kappa shape index (κ2) is 11.2. The minimum atomic E-state index is -0.755. The number of ether oxygens (including phenoxy) is 1. The van der Waals surface area contributed by atoms with Crippen molar-refractivity contribution in [1.82, 2.24) is 15.5 Å². The van der Waals surface area contributed by atoms with Crippen LogP contribution in [-0.4, -0.2) is 67.4 Å². The number of methoxy groups -OCH3 is 1. The Hall–Kier alpha value is -1.34. The fourth-order valence-corrected chi connectivity index (χ4v) is 2.76. The Kier molecular flexibility index (Phi) is 10.6. The number of likely N-dealkylation sites (N-methyl/N-ethyl adjacent to an activating group) is 1. The molecule has 136 valence electrons. The van der Waals surface area contributed by atoms with Crippen molar-refractivity contribution in [3.63, 3.8) is 0 Å². The zero-order valence-corrected chi connectivity index (χ0v) is 15.3. The molecule has 3 atom stereocenters. The molecule has 1 rings (SSSR count). The number of nitrogens with one attached hydrogen (secondary N) is 2. The highest BCUT2D eigenvalue weighted by Crippen LogP contribution is 2.19. The van der Waals surface area contributed by atoms with Crippen LogP contribution in [0.2, 0.25) is 0 Å². The highest BCUT2D eigenvalue weighted by atomic mass is 16.5. The SMILES string of the molecule is CC.CNC(=O)C1CCCN1CC(O)C(NC(=O)OC)C(C)C. The molecule has 0 aromatic heterocycles. The molecule has 0 aliphatic carbocycles. The monoisotopic (exact) mass is 331 g/mol. The van der Waals surface area contributed by atoms with E-state index in [1.54, 1.807) is 7.05 Å². The molecule has 1 heterocycles. The molecule has 1 saturated heterocycles. The summed E-state index contributed by atoms with van der Waals surface area (Å²) < 4.78 is 4.59. The maximum atomic E-state index is 11.8. The van der Waals surface area contributed by atoms with Gasteiger partial charge in [-0.15, -0.1) is 0 Å². The van der Waals surface area contributed by atoms with Crippen LogP contribution in [0.15, 0.2) is 0 Å². The summed E-state index contributed by atoms with van der Waals surface area (Å²) in [4.78, 5) is 25.1. The van der Waals surface area contributed by atoms with E-state index in [0.717, 1.165) is 19.4 Å². The van der Waals surface area contributed by atoms with Gasteiger partial charge in [0, 0.05) is 13.6 Å². The third-order valence-corrected chi connectivity index (χ3v) is 3.94. The molecule has 7 nitrogen and oxygen atoms in total. The normalized spacial score (nSPS) is 20.3. The Morgan fingerprint density at radius 1 is 1.35 bits per heavy atom. The van der Waals surface area contributed by atoms with Crippen molar-refractivity contribution < 1.29 is 19.4 Å². The van der Waals surface area contributed by atoms with Crippen molar-refractivity contribution >= 4 is 12.0 Å². The van der Waals surface area contributed by atoms with Gasteiger partial charge in [0.15, 0.2) is 0 Å². The van der Waals surface area contributed by atoms with E-state index in [1.807, 2.05) is 32.6 Å². The number of aliphatic hydroxyl groups excluding tert-OH is 1. The molecule has 7 heteroatoms. The third kappa shape index (κ3) is 6.74. The second-order valence-electron chi connectivity index (χ2n) is 5.74. The lowest BCUT2D eigenvalue weighted by Crippen LogP contribution is -2.53. The highest BCUT2D eigenvalue weighted by Gasteiger charge is 2.34. The predicted octanol–water partition coefficient (Wildman–Crippen LogP) is 0.965. The fourth-order valence-electron chi connectivity index (χ4n) is 2.76. The number of hydrogen-bond acceptors (Lipinski definition) is 5. The predicted molar refractivity (Wildman–Crippen MR) is 90.2 cm³/mol. The Bertz CT molecular complexity index is 363. The first-order chi connectivity index (χ1) is 10.9. The molecule has 0 bridgehead atoms. The standard InChI is InChI=1S/C14H27N3O4.C2H6/c1-9(2)12(16-14(20)21-4)11(18)8-17-7-5-6-10(17)13(19)15-3;1-2/h9-12,18H,5-8H2,1-4H3,(H,15,19)(H,16,20);1-2H3. The largest absolute Gasteiger partial charge is 0.453 e. The molecule has 1 aliphatic heterocycles. The number of rotatable bonds is 6. The zero-order chi connectivity index (χ0) is 18.0. The van der Waals surface area contributed by atoms with E-state index in [-0.39, 0.29) is 17.9 Å². The minimum absolute atomic E-state index is 0.0262. The number of carbonyl (C=O) groups is 2. The molecule has 0 aromatic carbocycles. The summed E-state index contributed by atoms with van der Waals surface area (Å²) in [7, 11) is 2.91. The summed E-state index contributed by atoms with van der Waals surface area (Å²) in [6, 6.07) is -0.612. The van der Waals surface area contributed by atoms with Gasteiger partial charge >= 0.3 is 6.09 Å². The quantitative estimate of drug-likeness (QED) is 0.674. The van der Waals surface area contributed by atoms with Gasteiger partial charge in [0.2, 0.25) is 5.91 Å². The van der Waals surface area contributed by atoms with Crippen LogP contribution >= 0.6 is 0 Å². The average Bonchev–Trinajstić information content (AvgIpc) is 3.00. The van der Waals surface area contributed by atoms with Gasteiger partial charge in [-0.3, -0.25) is 9.69 Å². The lowest BCUT2D eigenvalue weighted by atomic mass is 9.98. The van der Waals surface area contributed by atoms with Crippen molar-refractivity contribution in [3.05, 3.63) is 0 Å². The van der Waals surface area contributed by atoms with E-state index < -0.39 is 18.2 Å². The van der Waals surface area contributed by atoms with Gasteiger partial charge in [0.05, 0.1) is 25.3 Å². The lowest BCUT2D eigenvalue weighted by molar-refractivity contribution is -0.125. The van der Waals surface area contributed by atoms with Gasteiger partial charge in [-0.1, -0.05) is 27.7 Å². The average molecular weight is 331 g/mol. The summed E-state index contributed by atoms with van der Waals surface area (Å²) in [6.07, 6.45) is 0.413. The fraction of sp³-hybridized carbons (Fsp3) is 0.875. The van der Waals surface area contributed by atoms with Crippen LogP contribution in [0.4, 0.5) is 4.79 Å². The molecule has 0 radical (unpaired) electrons. The molecule has 0 saturated carbocycles. The van der Waals surface area contributed by atoms with Crippen molar-refractivity contribution in [2.75, 3.05) is 27.2 Å². The van der Waals surface area contributed by atoms with E-state index in [4.69, 9.17) is 0 Å². The molecule has 23 heavy (non-hydrogen) atoms. The van der Waals surface area contributed by atoms with Gasteiger partial charge in [0.1, 0.15) is 0 Å². The third-order valence-electron chi connectivity index (χ3n) is 3.94. The van der Waals surface area contributed by atoms with Crippen LogP contribution in [0.1, 0.15) is 40.5 Å². The molecule has 1 fully saturated rings. The van der Waals surface area contributed by atoms with Gasteiger partial charge in [-0.2, -0.15) is 0 Å². The number of likely N-dealkylation sites (tertiary alicyclic amines) is 1. The Labute approximate surface area is 139 Å². The van der Waals surface area contributed by atoms with Crippen LogP contribution in [0.5, 0.6) is 0 Å². The number of carbonyl (C=O) groups excluding carboxylic acids is 2. The first-order valence-corrected chi connectivity index (χ1v) is 8.38. The number of hydrogen-bond donors (Lipinski definition) is 3. The number of nitrogens with zero attached hydrogens (tertiary/aromatic N) is 1. The Balaban J connectivity index is 0.00000232. The van der Waals surface area contributed by atoms with Gasteiger partial charge in [-0.05, 0) is 25.3 Å². The summed E-state index contributed by atoms with van der Waals surface area (Å²) >= 11 is 0. The second-order valence-corrected chi connectivity index (χ2v) is 5.74. The van der Waals surface area contributed by atoms with E-state index in [1.165, 1.54) is 7.11 Å². The van der Waals surface area contributed by atoms with Crippen LogP contribution < -0.4 is 10.6 Å². The summed E-state index contributed by atoms with van der Waals surface area (Å²) in [5.74, 6) is 0.0295. The molecule has 3 N–H and O–H groups in total. The van der Waals surface area contributed by atoms with Gasteiger partial charge in [-0.25, -0.2) is 4.79 Å². The van der Waals surface area contributed by atoms with E-state index in [0.29, 0.717) is 6.54 Å². The molecule has 3 unspecified atom stereocenters. The number of β-amino-alcohol motifs (C(OH)–C–C–N with tert-alkyl or cyclic N) is 1. The van der Waals surface area contributed by atoms with E-state index in [2.05, 4.69) is 15.4 Å². The Morgan fingerprint density at radius 2 is 1.96 bits per heavy atom. The molecule has 1 aliphatic rings. The van der Waals surface area contributed by atoms with E-state index >= 15 is 0 Å². The van der Waals surface area contributed by atoms with Crippen molar-refractivity contribution in [3.8, 4) is 0 Å². The molecule has 2 amide bonds. The van der Waals surface area contributed by atoms with Gasteiger partial charge in [0.25, 0.3) is 0 Å². The van der Waals surface area contributed by atoms with Crippen LogP contribution in [-0.2, 0) is 9.53 Å². The summed E-state index contributed by atoms with van der Waals surface area (Å²) in [5, 5.41) is 15.7. The number of amides is 2. The summed E-state index contributed by atoms with van der Waals surface area (Å²) in [6.45, 7) is 8.97. The van der Waals surface area contributed by atoms with Crippen molar-refractivity contribution in [2.24, 2.45) is 5.92 Å². The lowest BCUT2D eigenvalue weighted by Gasteiger charge is -2.31. The maximum Gasteiger partial charge on any atom is 0.407 e. The van der Waals surface area contributed by atoms with E-state index in [9.17, 15) is 14.7 Å². The van der Waals surface area contributed by atoms with Crippen LogP contribution in [0.3, 0.4) is 0 Å². The molecule has 0 aromatic rings. The first kappa shape index (κ1) is 21.7. The highest BCUT2D eigenvalue weighted by molar-refractivity contribution is 5.81. The van der Waals surface area contributed by atoms with Crippen LogP contribution in [0, 0.1) is 5.92 Å². The molecular formula is C16H33N3O4. The van der Waals surface area contributed by atoms with Crippen molar-refractivity contribution in [1.29, 1.82) is 0 Å². The number of alkyl carbamates (subject to hydrolysis) is 1. The smallest absolute Gasteiger partial charge is 0.407 e. The first-order valence-electron chi connectivity index (χ1n) is 8.38. The van der Waals surface area contributed by atoms with Gasteiger partial charge < -0.3 is 20.5 Å². The number of aliphatic hydroxyl groups is 1. The topological polar surface area (TPSA) is 90.9 Å². The zero-order valence-electron chi connectivity index (χ0n) is 15.3. The summed E-state index contributed by atoms with van der Waals surface area (Å²) in [5.41, 5.74) is 0.